The number of carbonyl (C=O) groups is 1. The molecule has 0 saturated carbocycles. The number of aliphatic hydroxyl groups excluding tert-OH is 1. The number of rotatable bonds is 5. The Bertz CT molecular complexity index is 892. The third-order valence-electron chi connectivity index (χ3n) is 4.42. The minimum atomic E-state index is -0.603. The molecule has 0 spiro atoms. The first-order valence-electron chi connectivity index (χ1n) is 8.38. The van der Waals surface area contributed by atoms with Crippen LogP contribution in [-0.4, -0.2) is 39.2 Å². The van der Waals surface area contributed by atoms with Gasteiger partial charge in [0.15, 0.2) is 0 Å². The van der Waals surface area contributed by atoms with Crippen LogP contribution in [0.1, 0.15) is 17.0 Å². The molecule has 0 atom stereocenters. The Morgan fingerprint density at radius 2 is 1.77 bits per heavy atom. The predicted octanol–water partition coefficient (Wildman–Crippen LogP) is 2.63. The van der Waals surface area contributed by atoms with Crippen molar-refractivity contribution in [1.29, 1.82) is 0 Å². The van der Waals surface area contributed by atoms with Gasteiger partial charge in [0.05, 0.1) is 13.2 Å². The molecule has 2 aromatic carbocycles. The second kappa shape index (κ2) is 6.97. The van der Waals surface area contributed by atoms with Crippen molar-refractivity contribution in [1.82, 2.24) is 14.8 Å². The monoisotopic (exact) mass is 350 g/mol. The summed E-state index contributed by atoms with van der Waals surface area (Å²) in [7, 11) is 0. The average Bonchev–Trinajstić information content (AvgIpc) is 3.23. The average molecular weight is 350 g/mol. The molecule has 2 N–H and O–H groups in total. The first-order valence-corrected chi connectivity index (χ1v) is 8.38. The molecule has 0 unspecified atom stereocenters. The van der Waals surface area contributed by atoms with E-state index in [1.54, 1.807) is 0 Å². The van der Waals surface area contributed by atoms with Crippen LogP contribution in [-0.2, 0) is 11.3 Å². The zero-order valence-corrected chi connectivity index (χ0v) is 14.0. The highest BCUT2D eigenvalue weighted by molar-refractivity contribution is 5.83. The minimum absolute atomic E-state index is 0.00746. The van der Waals surface area contributed by atoms with Crippen molar-refractivity contribution in [2.24, 2.45) is 0 Å². The van der Waals surface area contributed by atoms with Crippen LogP contribution in [0.15, 0.2) is 54.9 Å². The van der Waals surface area contributed by atoms with Crippen molar-refractivity contribution in [3.8, 4) is 11.1 Å². The summed E-state index contributed by atoms with van der Waals surface area (Å²) in [5.74, 6) is 0.156. The Kier molecular flexibility index (Phi) is 4.37. The number of nitrogens with zero attached hydrogens (tertiary/aromatic N) is 3. The van der Waals surface area contributed by atoms with Gasteiger partial charge in [0.25, 0.3) is 5.95 Å². The Hall–Kier alpha value is -3.19. The molecular formula is C19H18N4O3. The van der Waals surface area contributed by atoms with Crippen molar-refractivity contribution in [3.63, 3.8) is 0 Å². The number of hydrogen-bond donors (Lipinski definition) is 2. The van der Waals surface area contributed by atoms with Gasteiger partial charge in [-0.3, -0.25) is 5.32 Å². The molecule has 0 radical (unpaired) electrons. The lowest BCUT2D eigenvalue weighted by Crippen LogP contribution is -2.18. The molecule has 0 bridgehead atoms. The van der Waals surface area contributed by atoms with E-state index in [9.17, 15) is 4.79 Å². The van der Waals surface area contributed by atoms with E-state index in [0.717, 1.165) is 11.1 Å². The number of amides is 1. The van der Waals surface area contributed by atoms with Crippen LogP contribution in [0.2, 0.25) is 0 Å². The first-order chi connectivity index (χ1) is 12.8. The van der Waals surface area contributed by atoms with E-state index >= 15 is 0 Å². The van der Waals surface area contributed by atoms with Gasteiger partial charge in [-0.2, -0.15) is 0 Å². The Morgan fingerprint density at radius 1 is 1.12 bits per heavy atom. The zero-order valence-electron chi connectivity index (χ0n) is 14.0. The van der Waals surface area contributed by atoms with Crippen LogP contribution in [0, 0.1) is 0 Å². The summed E-state index contributed by atoms with van der Waals surface area (Å²) in [6, 6.07) is 16.3. The smallest absolute Gasteiger partial charge is 0.414 e. The third kappa shape index (κ3) is 3.04. The largest absolute Gasteiger partial charge is 0.448 e. The van der Waals surface area contributed by atoms with E-state index in [1.807, 2.05) is 24.3 Å². The highest BCUT2D eigenvalue weighted by Gasteiger charge is 2.29. The summed E-state index contributed by atoms with van der Waals surface area (Å²) < 4.78 is 6.87. The summed E-state index contributed by atoms with van der Waals surface area (Å²) in [4.78, 5) is 16.0. The minimum Gasteiger partial charge on any atom is -0.448 e. The lowest BCUT2D eigenvalue weighted by Gasteiger charge is -2.13. The fraction of sp³-hybridized carbons (Fsp3) is 0.211. The maximum Gasteiger partial charge on any atom is 0.414 e. The van der Waals surface area contributed by atoms with Crippen molar-refractivity contribution in [2.45, 2.75) is 12.5 Å². The molecule has 7 nitrogen and oxygen atoms in total. The number of carbonyl (C=O) groups excluding carboxylic acids is 1. The Morgan fingerprint density at radius 3 is 2.42 bits per heavy atom. The topological polar surface area (TPSA) is 89.3 Å². The maximum atomic E-state index is 12.1. The summed E-state index contributed by atoms with van der Waals surface area (Å²) in [5, 5.41) is 15.4. The van der Waals surface area contributed by atoms with E-state index in [0.29, 0.717) is 6.54 Å². The normalized spacial score (nSPS) is 12.5. The highest BCUT2D eigenvalue weighted by atomic mass is 16.5. The van der Waals surface area contributed by atoms with Gasteiger partial charge in [0.2, 0.25) is 0 Å². The van der Waals surface area contributed by atoms with Crippen molar-refractivity contribution in [3.05, 3.63) is 66.0 Å². The predicted molar refractivity (Wildman–Crippen MR) is 95.8 cm³/mol. The van der Waals surface area contributed by atoms with E-state index in [4.69, 9.17) is 9.84 Å². The first kappa shape index (κ1) is 16.3. The number of aromatic nitrogens is 3. The summed E-state index contributed by atoms with van der Waals surface area (Å²) >= 11 is 0. The van der Waals surface area contributed by atoms with Gasteiger partial charge in [-0.15, -0.1) is 5.10 Å². The van der Waals surface area contributed by atoms with Crippen LogP contribution in [0.25, 0.3) is 11.1 Å². The molecule has 1 aliphatic carbocycles. The van der Waals surface area contributed by atoms with Crippen LogP contribution in [0.5, 0.6) is 0 Å². The highest BCUT2D eigenvalue weighted by Crippen LogP contribution is 2.44. The molecule has 7 heteroatoms. The molecule has 0 saturated heterocycles. The Balaban J connectivity index is 1.45. The molecule has 1 aromatic heterocycles. The molecule has 4 rings (SSSR count). The van der Waals surface area contributed by atoms with Gasteiger partial charge in [-0.05, 0) is 22.3 Å². The second-order valence-corrected chi connectivity index (χ2v) is 6.01. The lowest BCUT2D eigenvalue weighted by molar-refractivity contribution is 0.158. The van der Waals surface area contributed by atoms with Crippen molar-refractivity contribution in [2.75, 3.05) is 18.5 Å². The van der Waals surface area contributed by atoms with E-state index in [1.165, 1.54) is 22.1 Å². The van der Waals surface area contributed by atoms with E-state index in [-0.39, 0.29) is 25.1 Å². The number of fused-ring (bicyclic) bond motifs is 3. The van der Waals surface area contributed by atoms with Gasteiger partial charge in [0.1, 0.15) is 12.9 Å². The molecule has 0 fully saturated rings. The lowest BCUT2D eigenvalue weighted by atomic mass is 9.98. The molecule has 132 valence electrons. The fourth-order valence-electron chi connectivity index (χ4n) is 3.29. The molecule has 26 heavy (non-hydrogen) atoms. The van der Waals surface area contributed by atoms with E-state index < -0.39 is 6.09 Å². The van der Waals surface area contributed by atoms with Crippen LogP contribution < -0.4 is 5.32 Å². The summed E-state index contributed by atoms with van der Waals surface area (Å²) in [5.41, 5.74) is 4.68. The van der Waals surface area contributed by atoms with Gasteiger partial charge in [-0.25, -0.2) is 14.5 Å². The number of ether oxygens (including phenoxy) is 1. The van der Waals surface area contributed by atoms with Gasteiger partial charge >= 0.3 is 6.09 Å². The quantitative estimate of drug-likeness (QED) is 0.738. The third-order valence-corrected chi connectivity index (χ3v) is 4.42. The second-order valence-electron chi connectivity index (χ2n) is 6.01. The van der Waals surface area contributed by atoms with Gasteiger partial charge in [0, 0.05) is 5.92 Å². The Labute approximate surface area is 150 Å². The van der Waals surface area contributed by atoms with Gasteiger partial charge in [-0.1, -0.05) is 48.5 Å². The van der Waals surface area contributed by atoms with Crippen LogP contribution in [0.3, 0.4) is 0 Å². The maximum absolute atomic E-state index is 12.1. The van der Waals surface area contributed by atoms with Crippen molar-refractivity contribution < 1.29 is 14.6 Å². The molecular weight excluding hydrogens is 332 g/mol. The van der Waals surface area contributed by atoms with Gasteiger partial charge < -0.3 is 9.84 Å². The molecule has 1 heterocycles. The zero-order chi connectivity index (χ0) is 17.9. The number of hydrogen-bond acceptors (Lipinski definition) is 5. The number of benzene rings is 2. The SMILES string of the molecule is O=C(Nc1ncn(CCO)n1)OCC1c2ccccc2-c2ccccc21. The van der Waals surface area contributed by atoms with Crippen molar-refractivity contribution >= 4 is 12.0 Å². The summed E-state index contributed by atoms with van der Waals surface area (Å²) in [6.07, 6.45) is 0.837. The number of nitrogens with one attached hydrogen (secondary N) is 1. The number of aliphatic hydroxyl groups is 1. The number of anilines is 1. The van der Waals surface area contributed by atoms with Crippen LogP contribution >= 0.6 is 0 Å². The molecule has 0 aliphatic heterocycles. The molecule has 1 amide bonds. The fourth-order valence-corrected chi connectivity index (χ4v) is 3.29. The van der Waals surface area contributed by atoms with Crippen LogP contribution in [0.4, 0.5) is 10.7 Å². The molecule has 1 aliphatic rings. The molecule has 3 aromatic rings. The van der Waals surface area contributed by atoms with E-state index in [2.05, 4.69) is 39.7 Å². The standard InChI is InChI=1S/C19H18N4O3/c24-10-9-23-12-20-18(22-23)21-19(25)26-11-17-15-7-3-1-5-13(15)14-6-2-4-8-16(14)17/h1-8,12,17,24H,9-11H2,(H,21,22,25). The summed E-state index contributed by atoms with van der Waals surface area (Å²) in [6.45, 7) is 0.504.